The molecule has 2 saturated heterocycles. The van der Waals surface area contributed by atoms with Crippen molar-refractivity contribution in [3.63, 3.8) is 0 Å². The van der Waals surface area contributed by atoms with Crippen molar-refractivity contribution in [1.82, 2.24) is 10.2 Å². The van der Waals surface area contributed by atoms with Gasteiger partial charge in [0.2, 0.25) is 0 Å². The van der Waals surface area contributed by atoms with Crippen LogP contribution in [0.25, 0.3) is 0 Å². The smallest absolute Gasteiger partial charge is 0.399 e. The Balaban J connectivity index is 1.83. The molecule has 0 aromatic heterocycles. The van der Waals surface area contributed by atoms with E-state index in [4.69, 9.17) is 20.9 Å². The first-order chi connectivity index (χ1) is 11.6. The molecule has 0 spiro atoms. The average molecular weight is 365 g/mol. The molecule has 7 heteroatoms. The molecule has 0 radical (unpaired) electrons. The van der Waals surface area contributed by atoms with E-state index in [2.05, 4.69) is 5.32 Å². The van der Waals surface area contributed by atoms with Crippen LogP contribution < -0.4 is 10.8 Å². The summed E-state index contributed by atoms with van der Waals surface area (Å²) < 4.78 is 12.2. The van der Waals surface area contributed by atoms with Gasteiger partial charge in [-0.25, -0.2) is 0 Å². The fourth-order valence-electron chi connectivity index (χ4n) is 3.19. The summed E-state index contributed by atoms with van der Waals surface area (Å²) in [6.45, 7) is 9.48. The highest BCUT2D eigenvalue weighted by Gasteiger charge is 2.52. The number of likely N-dealkylation sites (N-methyl/N-ethyl adjacent to an activating group) is 1. The highest BCUT2D eigenvalue weighted by atomic mass is 35.5. The summed E-state index contributed by atoms with van der Waals surface area (Å²) in [6, 6.07) is 5.69. The second-order valence-electron chi connectivity index (χ2n) is 7.85. The normalized spacial score (nSPS) is 24.8. The highest BCUT2D eigenvalue weighted by Crippen LogP contribution is 2.37. The number of likely N-dealkylation sites (tertiary alicyclic amines) is 1. The van der Waals surface area contributed by atoms with Gasteiger partial charge in [-0.15, -0.1) is 0 Å². The number of carbonyl (C=O) groups is 1. The number of nitrogens with one attached hydrogen (secondary N) is 1. The fraction of sp³-hybridized carbons (Fsp3) is 0.611. The van der Waals surface area contributed by atoms with Gasteiger partial charge >= 0.3 is 7.12 Å². The van der Waals surface area contributed by atoms with Crippen molar-refractivity contribution in [3.8, 4) is 0 Å². The van der Waals surface area contributed by atoms with Gasteiger partial charge in [-0.3, -0.25) is 4.79 Å². The van der Waals surface area contributed by atoms with E-state index >= 15 is 0 Å². The van der Waals surface area contributed by atoms with Gasteiger partial charge in [0, 0.05) is 35.2 Å². The van der Waals surface area contributed by atoms with Crippen molar-refractivity contribution in [2.24, 2.45) is 0 Å². The summed E-state index contributed by atoms with van der Waals surface area (Å²) in [4.78, 5) is 14.7. The number of nitrogens with zero attached hydrogens (tertiary/aromatic N) is 1. The number of halogens is 1. The predicted molar refractivity (Wildman–Crippen MR) is 101 cm³/mol. The summed E-state index contributed by atoms with van der Waals surface area (Å²) in [5.41, 5.74) is 0.424. The third-order valence-corrected chi connectivity index (χ3v) is 5.98. The minimum Gasteiger partial charge on any atom is -0.399 e. The van der Waals surface area contributed by atoms with Crippen LogP contribution in [0.3, 0.4) is 0 Å². The molecule has 1 aromatic rings. The van der Waals surface area contributed by atoms with Gasteiger partial charge in [0.05, 0.1) is 11.2 Å². The first-order valence-corrected chi connectivity index (χ1v) is 9.14. The minimum absolute atomic E-state index is 0.0205. The zero-order valence-corrected chi connectivity index (χ0v) is 16.3. The maximum Gasteiger partial charge on any atom is 0.496 e. The van der Waals surface area contributed by atoms with E-state index in [9.17, 15) is 4.79 Å². The van der Waals surface area contributed by atoms with E-state index in [1.165, 1.54) is 0 Å². The molecule has 5 nitrogen and oxygen atoms in total. The maximum absolute atomic E-state index is 12.8. The first kappa shape index (κ1) is 18.7. The Morgan fingerprint density at radius 2 is 1.92 bits per heavy atom. The molecule has 1 N–H and O–H groups in total. The van der Waals surface area contributed by atoms with E-state index in [0.717, 1.165) is 19.5 Å². The van der Waals surface area contributed by atoms with Crippen molar-refractivity contribution in [1.29, 1.82) is 0 Å². The number of benzene rings is 1. The molecule has 2 fully saturated rings. The van der Waals surface area contributed by atoms with Crippen molar-refractivity contribution in [2.45, 2.75) is 51.4 Å². The molecule has 2 heterocycles. The van der Waals surface area contributed by atoms with Crippen LogP contribution in [0.2, 0.25) is 5.02 Å². The molecule has 0 unspecified atom stereocenters. The Labute approximate surface area is 155 Å². The van der Waals surface area contributed by atoms with Crippen molar-refractivity contribution < 1.29 is 14.1 Å². The van der Waals surface area contributed by atoms with Crippen LogP contribution in [0.15, 0.2) is 18.2 Å². The first-order valence-electron chi connectivity index (χ1n) is 8.76. The third-order valence-electron chi connectivity index (χ3n) is 5.63. The molecule has 0 saturated carbocycles. The Morgan fingerprint density at radius 1 is 1.28 bits per heavy atom. The van der Waals surface area contributed by atoms with Gasteiger partial charge in [-0.2, -0.15) is 0 Å². The molecule has 1 aromatic carbocycles. The molecule has 2 aliphatic heterocycles. The largest absolute Gasteiger partial charge is 0.496 e. The third kappa shape index (κ3) is 3.45. The summed E-state index contributed by atoms with van der Waals surface area (Å²) in [6.07, 6.45) is 0.972. The Bertz CT molecular complexity index is 664. The number of amides is 1. The van der Waals surface area contributed by atoms with Crippen LogP contribution in [0.1, 0.15) is 44.5 Å². The van der Waals surface area contributed by atoms with Gasteiger partial charge in [0.25, 0.3) is 5.91 Å². The molecule has 3 rings (SSSR count). The number of rotatable bonds is 3. The van der Waals surface area contributed by atoms with Gasteiger partial charge in [0.1, 0.15) is 0 Å². The van der Waals surface area contributed by atoms with Crippen molar-refractivity contribution in [3.05, 3.63) is 28.8 Å². The van der Waals surface area contributed by atoms with Crippen LogP contribution in [0.5, 0.6) is 0 Å². The van der Waals surface area contributed by atoms with Crippen molar-refractivity contribution in [2.75, 3.05) is 20.1 Å². The van der Waals surface area contributed by atoms with Gasteiger partial charge in [-0.05, 0) is 59.4 Å². The highest BCUT2D eigenvalue weighted by molar-refractivity contribution is 6.65. The van der Waals surface area contributed by atoms with E-state index in [1.807, 2.05) is 39.6 Å². The minimum atomic E-state index is -0.575. The molecule has 1 amide bonds. The standard InChI is InChI=1S/C18H26BClN2O3/c1-17(2)18(3,4)25-19(24-17)14-10-12(6-7-15(14)20)16(23)22-9-8-13(11-22)21-5/h6-7,10,13,21H,8-9,11H2,1-5H3/t13-/m0/s1. The summed E-state index contributed by atoms with van der Waals surface area (Å²) in [7, 11) is 1.35. The van der Waals surface area contributed by atoms with E-state index in [0.29, 0.717) is 22.1 Å². The monoisotopic (exact) mass is 364 g/mol. The quantitative estimate of drug-likeness (QED) is 0.834. The zero-order chi connectivity index (χ0) is 18.4. The van der Waals surface area contributed by atoms with Crippen molar-refractivity contribution >= 4 is 30.1 Å². The SMILES string of the molecule is CN[C@H]1CCN(C(=O)c2ccc(Cl)c(B3OC(C)(C)C(C)(C)O3)c2)C1. The fourth-order valence-corrected chi connectivity index (χ4v) is 3.40. The van der Waals surface area contributed by atoms with Gasteiger partial charge in [0.15, 0.2) is 0 Å². The lowest BCUT2D eigenvalue weighted by Gasteiger charge is -2.32. The van der Waals surface area contributed by atoms with Gasteiger partial charge in [-0.1, -0.05) is 11.6 Å². The molecule has 136 valence electrons. The second-order valence-corrected chi connectivity index (χ2v) is 8.26. The summed E-state index contributed by atoms with van der Waals surface area (Å²) in [5.74, 6) is 0.0205. The lowest BCUT2D eigenvalue weighted by Crippen LogP contribution is -2.41. The molecule has 2 aliphatic rings. The summed E-state index contributed by atoms with van der Waals surface area (Å²) in [5, 5.41) is 3.77. The molecular weight excluding hydrogens is 338 g/mol. The Morgan fingerprint density at radius 3 is 2.48 bits per heavy atom. The van der Waals surface area contributed by atoms with Crippen LogP contribution >= 0.6 is 11.6 Å². The molecule has 0 bridgehead atoms. The zero-order valence-electron chi connectivity index (χ0n) is 15.6. The number of hydrogen-bond acceptors (Lipinski definition) is 4. The molecule has 0 aliphatic carbocycles. The number of carbonyl (C=O) groups excluding carboxylic acids is 1. The van der Waals surface area contributed by atoms with E-state index in [-0.39, 0.29) is 5.91 Å². The van der Waals surface area contributed by atoms with Gasteiger partial charge < -0.3 is 19.5 Å². The van der Waals surface area contributed by atoms with Crippen LogP contribution in [-0.2, 0) is 9.31 Å². The number of hydrogen-bond donors (Lipinski definition) is 1. The summed E-state index contributed by atoms with van der Waals surface area (Å²) >= 11 is 6.38. The Hall–Kier alpha value is -1.08. The van der Waals surface area contributed by atoms with E-state index in [1.54, 1.807) is 18.2 Å². The average Bonchev–Trinajstić information content (AvgIpc) is 3.09. The lowest BCUT2D eigenvalue weighted by atomic mass is 9.78. The lowest BCUT2D eigenvalue weighted by molar-refractivity contribution is 0.00578. The maximum atomic E-state index is 12.8. The molecular formula is C18H26BClN2O3. The second kappa shape index (κ2) is 6.58. The molecule has 1 atom stereocenters. The van der Waals surface area contributed by atoms with Crippen LogP contribution in [0, 0.1) is 0 Å². The predicted octanol–water partition coefficient (Wildman–Crippen LogP) is 2.07. The van der Waals surface area contributed by atoms with E-state index < -0.39 is 18.3 Å². The van der Waals surface area contributed by atoms with Crippen LogP contribution in [0.4, 0.5) is 0 Å². The Kier molecular flexibility index (Phi) is 4.92. The van der Waals surface area contributed by atoms with Crippen LogP contribution in [-0.4, -0.2) is 55.3 Å². The topological polar surface area (TPSA) is 50.8 Å². The molecule has 25 heavy (non-hydrogen) atoms.